The van der Waals surface area contributed by atoms with Crippen molar-refractivity contribution in [3.63, 3.8) is 0 Å². The number of carbonyl (C=O) groups is 2. The first-order chi connectivity index (χ1) is 11.1. The summed E-state index contributed by atoms with van der Waals surface area (Å²) in [6, 6.07) is 6.95. The van der Waals surface area contributed by atoms with Gasteiger partial charge in [0.15, 0.2) is 0 Å². The Morgan fingerprint density at radius 1 is 1.30 bits per heavy atom. The average molecular weight is 320 g/mol. The predicted molar refractivity (Wildman–Crippen MR) is 87.4 cm³/mol. The van der Waals surface area contributed by atoms with Crippen LogP contribution in [0.5, 0.6) is 0 Å². The first kappa shape index (κ1) is 17.3. The molecule has 0 aromatic heterocycles. The van der Waals surface area contributed by atoms with E-state index in [9.17, 15) is 9.59 Å². The molecule has 0 radical (unpaired) electrons. The van der Waals surface area contributed by atoms with Crippen LogP contribution in [0.15, 0.2) is 24.3 Å². The SMILES string of the molecule is CCOC(=O)Cc1cccc(NC(=O)NC2(COC)CCC2)c1. The van der Waals surface area contributed by atoms with E-state index in [1.807, 2.05) is 6.07 Å². The number of methoxy groups -OCH3 is 1. The van der Waals surface area contributed by atoms with Crippen LogP contribution in [0.2, 0.25) is 0 Å². The number of rotatable bonds is 7. The summed E-state index contributed by atoms with van der Waals surface area (Å²) in [5, 5.41) is 5.81. The number of ether oxygens (including phenoxy) is 2. The first-order valence-electron chi connectivity index (χ1n) is 7.89. The summed E-state index contributed by atoms with van der Waals surface area (Å²) in [5.74, 6) is -0.275. The second kappa shape index (κ2) is 7.97. The topological polar surface area (TPSA) is 76.7 Å². The van der Waals surface area contributed by atoms with Crippen molar-refractivity contribution >= 4 is 17.7 Å². The Hall–Kier alpha value is -2.08. The minimum Gasteiger partial charge on any atom is -0.466 e. The van der Waals surface area contributed by atoms with Crippen molar-refractivity contribution in [1.82, 2.24) is 5.32 Å². The molecule has 1 saturated carbocycles. The van der Waals surface area contributed by atoms with Crippen LogP contribution in [-0.2, 0) is 20.7 Å². The van der Waals surface area contributed by atoms with Crippen LogP contribution in [0, 0.1) is 0 Å². The highest BCUT2D eigenvalue weighted by Crippen LogP contribution is 2.32. The zero-order valence-electron chi connectivity index (χ0n) is 13.7. The molecule has 126 valence electrons. The fourth-order valence-electron chi connectivity index (χ4n) is 2.73. The number of amides is 2. The lowest BCUT2D eigenvalue weighted by Gasteiger charge is -2.41. The van der Waals surface area contributed by atoms with Gasteiger partial charge < -0.3 is 20.1 Å². The minimum absolute atomic E-state index is 0.193. The third kappa shape index (κ3) is 4.96. The van der Waals surface area contributed by atoms with E-state index < -0.39 is 0 Å². The lowest BCUT2D eigenvalue weighted by atomic mass is 9.77. The molecule has 0 spiro atoms. The van der Waals surface area contributed by atoms with E-state index in [2.05, 4.69) is 10.6 Å². The van der Waals surface area contributed by atoms with Gasteiger partial charge in [0.25, 0.3) is 0 Å². The van der Waals surface area contributed by atoms with Crippen molar-refractivity contribution in [3.8, 4) is 0 Å². The molecule has 1 aromatic carbocycles. The second-order valence-corrected chi connectivity index (χ2v) is 5.83. The van der Waals surface area contributed by atoms with Gasteiger partial charge in [0.05, 0.1) is 25.2 Å². The maximum Gasteiger partial charge on any atom is 0.319 e. The van der Waals surface area contributed by atoms with E-state index in [-0.39, 0.29) is 24.0 Å². The van der Waals surface area contributed by atoms with Gasteiger partial charge in [-0.05, 0) is 43.9 Å². The van der Waals surface area contributed by atoms with Crippen molar-refractivity contribution in [2.24, 2.45) is 0 Å². The third-order valence-electron chi connectivity index (χ3n) is 3.95. The number of carbonyl (C=O) groups excluding carboxylic acids is 2. The molecule has 1 fully saturated rings. The maximum absolute atomic E-state index is 12.2. The number of hydrogen-bond donors (Lipinski definition) is 2. The molecule has 1 aliphatic carbocycles. The van der Waals surface area contributed by atoms with Crippen molar-refractivity contribution in [1.29, 1.82) is 0 Å². The monoisotopic (exact) mass is 320 g/mol. The molecule has 0 heterocycles. The highest BCUT2D eigenvalue weighted by molar-refractivity contribution is 5.90. The number of nitrogens with one attached hydrogen (secondary N) is 2. The molecule has 0 aliphatic heterocycles. The fraction of sp³-hybridized carbons (Fsp3) is 0.529. The number of anilines is 1. The summed E-state index contributed by atoms with van der Waals surface area (Å²) in [6.45, 7) is 2.65. The van der Waals surface area contributed by atoms with Crippen LogP contribution >= 0.6 is 0 Å². The average Bonchev–Trinajstić information content (AvgIpc) is 2.45. The van der Waals surface area contributed by atoms with Gasteiger partial charge >= 0.3 is 12.0 Å². The Labute approximate surface area is 136 Å². The lowest BCUT2D eigenvalue weighted by Crippen LogP contribution is -2.57. The molecule has 0 unspecified atom stereocenters. The minimum atomic E-state index is -0.275. The molecule has 2 amide bonds. The number of benzene rings is 1. The number of urea groups is 1. The van der Waals surface area contributed by atoms with Gasteiger partial charge in [-0.25, -0.2) is 4.79 Å². The molecule has 1 aromatic rings. The Kier molecular flexibility index (Phi) is 5.98. The smallest absolute Gasteiger partial charge is 0.319 e. The van der Waals surface area contributed by atoms with Crippen molar-refractivity contribution < 1.29 is 19.1 Å². The van der Waals surface area contributed by atoms with Crippen molar-refractivity contribution in [2.45, 2.75) is 38.1 Å². The summed E-state index contributed by atoms with van der Waals surface area (Å²) < 4.78 is 10.1. The van der Waals surface area contributed by atoms with E-state index in [4.69, 9.17) is 9.47 Å². The van der Waals surface area contributed by atoms with Gasteiger partial charge in [-0.1, -0.05) is 12.1 Å². The molecular weight excluding hydrogens is 296 g/mol. The zero-order valence-corrected chi connectivity index (χ0v) is 13.7. The van der Waals surface area contributed by atoms with E-state index in [0.29, 0.717) is 18.9 Å². The van der Waals surface area contributed by atoms with Crippen LogP contribution in [0.4, 0.5) is 10.5 Å². The molecule has 1 aliphatic rings. The summed E-state index contributed by atoms with van der Waals surface area (Å²) in [7, 11) is 1.64. The molecule has 6 nitrogen and oxygen atoms in total. The predicted octanol–water partition coefficient (Wildman–Crippen LogP) is 2.48. The molecule has 2 N–H and O–H groups in total. The quantitative estimate of drug-likeness (QED) is 0.757. The third-order valence-corrected chi connectivity index (χ3v) is 3.95. The number of esters is 1. The summed E-state index contributed by atoms with van der Waals surface area (Å²) in [6.07, 6.45) is 3.14. The molecule has 2 rings (SSSR count). The van der Waals surface area contributed by atoms with Crippen LogP contribution in [0.25, 0.3) is 0 Å². The van der Waals surface area contributed by atoms with Gasteiger partial charge in [0.2, 0.25) is 0 Å². The van der Waals surface area contributed by atoms with Crippen LogP contribution in [0.1, 0.15) is 31.7 Å². The Morgan fingerprint density at radius 3 is 2.70 bits per heavy atom. The summed E-state index contributed by atoms with van der Waals surface area (Å²) in [5.41, 5.74) is 1.20. The fourth-order valence-corrected chi connectivity index (χ4v) is 2.73. The second-order valence-electron chi connectivity index (χ2n) is 5.83. The Balaban J connectivity index is 1.92. The standard InChI is InChI=1S/C17H24N2O4/c1-3-23-15(20)11-13-6-4-7-14(10-13)18-16(21)19-17(12-22-2)8-5-9-17/h4,6-7,10H,3,5,8-9,11-12H2,1-2H3,(H2,18,19,21). The normalized spacial score (nSPS) is 15.4. The van der Waals surface area contributed by atoms with E-state index >= 15 is 0 Å². The number of hydrogen-bond acceptors (Lipinski definition) is 4. The molecular formula is C17H24N2O4. The highest BCUT2D eigenvalue weighted by atomic mass is 16.5. The molecule has 0 saturated heterocycles. The Morgan fingerprint density at radius 2 is 2.09 bits per heavy atom. The van der Waals surface area contributed by atoms with Gasteiger partial charge in [-0.15, -0.1) is 0 Å². The Bertz CT molecular complexity index is 555. The van der Waals surface area contributed by atoms with E-state index in [1.54, 1.807) is 32.2 Å². The zero-order chi connectivity index (χ0) is 16.7. The van der Waals surface area contributed by atoms with Gasteiger partial charge in [-0.2, -0.15) is 0 Å². The van der Waals surface area contributed by atoms with Crippen molar-refractivity contribution in [3.05, 3.63) is 29.8 Å². The molecule has 23 heavy (non-hydrogen) atoms. The highest BCUT2D eigenvalue weighted by Gasteiger charge is 2.38. The van der Waals surface area contributed by atoms with Crippen LogP contribution in [0.3, 0.4) is 0 Å². The van der Waals surface area contributed by atoms with Crippen LogP contribution in [-0.4, -0.2) is 37.9 Å². The molecule has 0 atom stereocenters. The summed E-state index contributed by atoms with van der Waals surface area (Å²) >= 11 is 0. The maximum atomic E-state index is 12.2. The van der Waals surface area contributed by atoms with Crippen molar-refractivity contribution in [2.75, 3.05) is 25.6 Å². The largest absolute Gasteiger partial charge is 0.466 e. The molecule has 6 heteroatoms. The van der Waals surface area contributed by atoms with Gasteiger partial charge in [-0.3, -0.25) is 4.79 Å². The van der Waals surface area contributed by atoms with E-state index in [0.717, 1.165) is 24.8 Å². The molecule has 0 bridgehead atoms. The first-order valence-corrected chi connectivity index (χ1v) is 7.89. The van der Waals surface area contributed by atoms with E-state index in [1.165, 1.54) is 0 Å². The van der Waals surface area contributed by atoms with Gasteiger partial charge in [0.1, 0.15) is 0 Å². The van der Waals surface area contributed by atoms with Crippen LogP contribution < -0.4 is 10.6 Å². The summed E-state index contributed by atoms with van der Waals surface area (Å²) in [4.78, 5) is 23.7. The lowest BCUT2D eigenvalue weighted by molar-refractivity contribution is -0.142. The van der Waals surface area contributed by atoms with Gasteiger partial charge in [0, 0.05) is 12.8 Å².